The van der Waals surface area contributed by atoms with Crippen molar-refractivity contribution in [1.29, 1.82) is 0 Å². The van der Waals surface area contributed by atoms with Gasteiger partial charge in [-0.1, -0.05) is 29.3 Å². The molecule has 1 aromatic heterocycles. The number of imidazole rings is 1. The number of nitrogens with zero attached hydrogens (tertiary/aromatic N) is 2. The fourth-order valence-corrected chi connectivity index (χ4v) is 2.95. The van der Waals surface area contributed by atoms with E-state index < -0.39 is 0 Å². The summed E-state index contributed by atoms with van der Waals surface area (Å²) in [6.07, 6.45) is 1.67. The van der Waals surface area contributed by atoms with Crippen molar-refractivity contribution in [3.05, 3.63) is 28.5 Å². The zero-order chi connectivity index (χ0) is 15.4. The molecule has 0 saturated carbocycles. The molecule has 1 aromatic carbocycles. The Hall–Kier alpha value is -1.36. The van der Waals surface area contributed by atoms with E-state index in [0.717, 1.165) is 40.7 Å². The average Bonchev–Trinajstić information content (AvgIpc) is 2.81. The van der Waals surface area contributed by atoms with Crippen LogP contribution in [0.1, 0.15) is 45.4 Å². The number of aromatic nitrogens is 2. The van der Waals surface area contributed by atoms with Crippen molar-refractivity contribution in [3.63, 3.8) is 0 Å². The molecule has 0 bridgehead atoms. The minimum atomic E-state index is -0.291. The van der Waals surface area contributed by atoms with Gasteiger partial charge in [0.25, 0.3) is 0 Å². The summed E-state index contributed by atoms with van der Waals surface area (Å²) in [5, 5.41) is 0. The van der Waals surface area contributed by atoms with Crippen molar-refractivity contribution in [2.75, 3.05) is 6.61 Å². The number of ether oxygens (including phenoxy) is 1. The lowest BCUT2D eigenvalue weighted by molar-refractivity contribution is -0.145. The molecular formula is C16H21BrN2O2. The Labute approximate surface area is 133 Å². The zero-order valence-corrected chi connectivity index (χ0v) is 14.3. The molecule has 2 rings (SSSR count). The fraction of sp³-hybridized carbons (Fsp3) is 0.500. The largest absolute Gasteiger partial charge is 0.465 e. The van der Waals surface area contributed by atoms with Crippen LogP contribution in [0, 0.1) is 0 Å². The third kappa shape index (κ3) is 3.28. The van der Waals surface area contributed by atoms with Gasteiger partial charge < -0.3 is 9.30 Å². The molecule has 2 aromatic rings. The van der Waals surface area contributed by atoms with Crippen molar-refractivity contribution in [1.82, 2.24) is 9.55 Å². The maximum absolute atomic E-state index is 12.3. The molecular weight excluding hydrogens is 332 g/mol. The van der Waals surface area contributed by atoms with E-state index in [1.807, 2.05) is 25.1 Å². The maximum atomic E-state index is 12.3. The molecule has 0 amide bonds. The van der Waals surface area contributed by atoms with E-state index in [9.17, 15) is 4.79 Å². The van der Waals surface area contributed by atoms with Gasteiger partial charge in [0.2, 0.25) is 0 Å². The molecule has 0 radical (unpaired) electrons. The first-order chi connectivity index (χ1) is 10.1. The van der Waals surface area contributed by atoms with Crippen LogP contribution in [0.2, 0.25) is 0 Å². The Morgan fingerprint density at radius 3 is 2.76 bits per heavy atom. The lowest BCUT2D eigenvalue weighted by atomic mass is 10.0. The summed E-state index contributed by atoms with van der Waals surface area (Å²) in [5.74, 6) is 0.343. The van der Waals surface area contributed by atoms with E-state index in [2.05, 4.69) is 34.3 Å². The Bertz CT molecular complexity index is 636. The van der Waals surface area contributed by atoms with Crippen LogP contribution in [0.25, 0.3) is 11.0 Å². The predicted octanol–water partition coefficient (Wildman–Crippen LogP) is 4.27. The highest BCUT2D eigenvalue weighted by molar-refractivity contribution is 9.10. The summed E-state index contributed by atoms with van der Waals surface area (Å²) < 4.78 is 8.33. The number of hydrogen-bond acceptors (Lipinski definition) is 3. The van der Waals surface area contributed by atoms with E-state index in [4.69, 9.17) is 9.72 Å². The van der Waals surface area contributed by atoms with E-state index in [0.29, 0.717) is 6.61 Å². The summed E-state index contributed by atoms with van der Waals surface area (Å²) in [7, 11) is 0. The number of aryl methyl sites for hydroxylation is 1. The lowest BCUT2D eigenvalue weighted by Gasteiger charge is -2.15. The number of carbonyl (C=O) groups excluding carboxylic acids is 1. The molecule has 0 N–H and O–H groups in total. The highest BCUT2D eigenvalue weighted by Gasteiger charge is 2.27. The monoisotopic (exact) mass is 352 g/mol. The van der Waals surface area contributed by atoms with Gasteiger partial charge in [0.05, 0.1) is 17.6 Å². The summed E-state index contributed by atoms with van der Waals surface area (Å²) in [6, 6.07) is 6.02. The van der Waals surface area contributed by atoms with E-state index in [1.165, 1.54) is 0 Å². The van der Waals surface area contributed by atoms with Gasteiger partial charge in [0, 0.05) is 11.0 Å². The van der Waals surface area contributed by atoms with Gasteiger partial charge in [0.15, 0.2) is 0 Å². The van der Waals surface area contributed by atoms with E-state index in [1.54, 1.807) is 0 Å². The molecule has 0 aliphatic heterocycles. The number of rotatable bonds is 6. The molecule has 0 fully saturated rings. The first-order valence-corrected chi connectivity index (χ1v) is 8.23. The number of benzene rings is 1. The number of fused-ring (bicyclic) bond motifs is 1. The van der Waals surface area contributed by atoms with Crippen LogP contribution in [0.15, 0.2) is 22.7 Å². The Morgan fingerprint density at radius 1 is 1.38 bits per heavy atom. The second-order valence-corrected chi connectivity index (χ2v) is 5.86. The molecule has 0 aliphatic carbocycles. The summed E-state index contributed by atoms with van der Waals surface area (Å²) in [4.78, 5) is 17.0. The second-order valence-electron chi connectivity index (χ2n) is 4.94. The molecule has 0 aliphatic rings. The van der Waals surface area contributed by atoms with Crippen LogP contribution in [0.4, 0.5) is 0 Å². The van der Waals surface area contributed by atoms with Gasteiger partial charge >= 0.3 is 5.97 Å². The van der Waals surface area contributed by atoms with Crippen LogP contribution >= 0.6 is 15.9 Å². The predicted molar refractivity (Wildman–Crippen MR) is 87.4 cm³/mol. The zero-order valence-electron chi connectivity index (χ0n) is 12.7. The number of hydrogen-bond donors (Lipinski definition) is 0. The summed E-state index contributed by atoms with van der Waals surface area (Å²) >= 11 is 3.47. The summed E-state index contributed by atoms with van der Waals surface area (Å²) in [5.41, 5.74) is 1.97. The van der Waals surface area contributed by atoms with Crippen molar-refractivity contribution >= 4 is 32.9 Å². The highest BCUT2D eigenvalue weighted by Crippen LogP contribution is 2.28. The molecule has 1 heterocycles. The van der Waals surface area contributed by atoms with Crippen LogP contribution < -0.4 is 0 Å². The Kier molecular flexibility index (Phi) is 5.39. The standard InChI is InChI=1S/C16H21BrN2O2/c1-4-7-12(16(20)21-6-3)15-18-13-10-11(17)8-9-14(13)19(15)5-2/h8-10,12H,4-7H2,1-3H3. The maximum Gasteiger partial charge on any atom is 0.316 e. The topological polar surface area (TPSA) is 44.1 Å². The van der Waals surface area contributed by atoms with E-state index >= 15 is 0 Å². The fourth-order valence-electron chi connectivity index (χ4n) is 2.60. The molecule has 114 valence electrons. The van der Waals surface area contributed by atoms with Crippen LogP contribution in [0.5, 0.6) is 0 Å². The van der Waals surface area contributed by atoms with Gasteiger partial charge in [-0.3, -0.25) is 4.79 Å². The van der Waals surface area contributed by atoms with E-state index in [-0.39, 0.29) is 11.9 Å². The molecule has 5 heteroatoms. The van der Waals surface area contributed by atoms with Crippen molar-refractivity contribution in [2.24, 2.45) is 0 Å². The number of carbonyl (C=O) groups is 1. The molecule has 1 unspecified atom stereocenters. The SMILES string of the molecule is CCCC(C(=O)OCC)c1nc2cc(Br)ccc2n1CC. The third-order valence-electron chi connectivity index (χ3n) is 3.52. The van der Waals surface area contributed by atoms with Crippen LogP contribution in [-0.4, -0.2) is 22.1 Å². The summed E-state index contributed by atoms with van der Waals surface area (Å²) in [6.45, 7) is 7.16. The normalized spacial score (nSPS) is 12.6. The minimum Gasteiger partial charge on any atom is -0.465 e. The average molecular weight is 353 g/mol. The minimum absolute atomic E-state index is 0.177. The molecule has 4 nitrogen and oxygen atoms in total. The number of halogens is 1. The van der Waals surface area contributed by atoms with Gasteiger partial charge in [0.1, 0.15) is 11.7 Å². The first-order valence-electron chi connectivity index (χ1n) is 7.44. The van der Waals surface area contributed by atoms with Gasteiger partial charge in [-0.25, -0.2) is 4.98 Å². The Morgan fingerprint density at radius 2 is 2.14 bits per heavy atom. The van der Waals surface area contributed by atoms with Crippen LogP contribution in [0.3, 0.4) is 0 Å². The van der Waals surface area contributed by atoms with Gasteiger partial charge in [-0.05, 0) is 38.5 Å². The van der Waals surface area contributed by atoms with Crippen molar-refractivity contribution in [2.45, 2.75) is 46.1 Å². The molecule has 21 heavy (non-hydrogen) atoms. The van der Waals surface area contributed by atoms with Gasteiger partial charge in [-0.15, -0.1) is 0 Å². The third-order valence-corrected chi connectivity index (χ3v) is 4.01. The quantitative estimate of drug-likeness (QED) is 0.729. The lowest BCUT2D eigenvalue weighted by Crippen LogP contribution is -2.20. The van der Waals surface area contributed by atoms with Crippen molar-refractivity contribution < 1.29 is 9.53 Å². The smallest absolute Gasteiger partial charge is 0.316 e. The number of esters is 1. The first kappa shape index (κ1) is 16.0. The highest BCUT2D eigenvalue weighted by atomic mass is 79.9. The van der Waals surface area contributed by atoms with Crippen LogP contribution in [-0.2, 0) is 16.1 Å². The Balaban J connectivity index is 2.53. The molecule has 1 atom stereocenters. The molecule has 0 spiro atoms. The van der Waals surface area contributed by atoms with Crippen molar-refractivity contribution in [3.8, 4) is 0 Å². The molecule has 0 saturated heterocycles. The van der Waals surface area contributed by atoms with Gasteiger partial charge in [-0.2, -0.15) is 0 Å². The second kappa shape index (κ2) is 7.07.